The lowest BCUT2D eigenvalue weighted by atomic mass is 10.1. The first-order chi connectivity index (χ1) is 20.3. The fraction of sp³-hybridized carbons (Fsp3) is 0.867. The maximum absolute atomic E-state index is 12.0. The highest BCUT2D eigenvalue weighted by molar-refractivity contribution is 6.76. The van der Waals surface area contributed by atoms with E-state index in [2.05, 4.69) is 25.0 Å². The average Bonchev–Trinajstić information content (AvgIpc) is 2.93. The van der Waals surface area contributed by atoms with Crippen LogP contribution in [0.2, 0.25) is 38.3 Å². The van der Waals surface area contributed by atoms with Gasteiger partial charge in [0.2, 0.25) is 5.91 Å². The minimum atomic E-state index is -2.19. The van der Waals surface area contributed by atoms with E-state index in [9.17, 15) is 19.2 Å². The van der Waals surface area contributed by atoms with Gasteiger partial charge >= 0.3 is 20.5 Å². The Kier molecular flexibility index (Phi) is 23.7. The van der Waals surface area contributed by atoms with Gasteiger partial charge < -0.3 is 33.1 Å². The van der Waals surface area contributed by atoms with Crippen molar-refractivity contribution in [1.82, 2.24) is 5.32 Å². The van der Waals surface area contributed by atoms with Gasteiger partial charge in [0.1, 0.15) is 19.0 Å². The van der Waals surface area contributed by atoms with Gasteiger partial charge in [0, 0.05) is 47.1 Å². The van der Waals surface area contributed by atoms with Crippen LogP contribution in [0.5, 0.6) is 0 Å². The van der Waals surface area contributed by atoms with Gasteiger partial charge in [-0.15, -0.1) is 0 Å². The second-order valence-corrected chi connectivity index (χ2v) is 20.9. The molecule has 0 saturated heterocycles. The number of esters is 2. The van der Waals surface area contributed by atoms with Crippen molar-refractivity contribution in [2.24, 2.45) is 0 Å². The maximum Gasteiger partial charge on any atom is 0.334 e. The van der Waals surface area contributed by atoms with Crippen molar-refractivity contribution in [1.29, 1.82) is 0 Å². The fourth-order valence-corrected chi connectivity index (χ4v) is 7.87. The zero-order valence-corrected chi connectivity index (χ0v) is 29.9. The molecule has 0 aliphatic carbocycles. The van der Waals surface area contributed by atoms with Crippen molar-refractivity contribution in [3.05, 3.63) is 0 Å². The molecule has 0 saturated carbocycles. The van der Waals surface area contributed by atoms with Gasteiger partial charge in [0.25, 0.3) is 0 Å². The van der Waals surface area contributed by atoms with E-state index in [-0.39, 0.29) is 69.9 Å². The number of ketones is 1. The van der Waals surface area contributed by atoms with E-state index < -0.39 is 28.6 Å². The van der Waals surface area contributed by atoms with Gasteiger partial charge in [-0.05, 0) is 46.2 Å². The summed E-state index contributed by atoms with van der Waals surface area (Å²) in [4.78, 5) is 47.7. The van der Waals surface area contributed by atoms with E-state index in [0.717, 1.165) is 25.3 Å². The van der Waals surface area contributed by atoms with E-state index in [1.54, 1.807) is 0 Å². The summed E-state index contributed by atoms with van der Waals surface area (Å²) in [6, 6.07) is 2.01. The van der Waals surface area contributed by atoms with Crippen LogP contribution in [-0.4, -0.2) is 99.2 Å². The minimum Gasteiger partial charge on any atom is -0.463 e. The third kappa shape index (κ3) is 26.5. The number of carbonyl (C=O) groups is 4. The molecule has 1 amide bonds. The number of ether oxygens (including phenoxy) is 4. The zero-order valence-electron chi connectivity index (χ0n) is 27.9. The summed E-state index contributed by atoms with van der Waals surface area (Å²) in [5, 5.41) is 2.82. The molecule has 0 spiro atoms. The molecular weight excluding hydrogens is 590 g/mol. The number of amides is 1. The van der Waals surface area contributed by atoms with E-state index in [1.165, 1.54) is 6.04 Å². The van der Waals surface area contributed by atoms with Crippen LogP contribution in [0.4, 0.5) is 0 Å². The molecule has 1 unspecified atom stereocenters. The molecule has 43 heavy (non-hydrogen) atoms. The molecule has 11 nitrogen and oxygen atoms in total. The summed E-state index contributed by atoms with van der Waals surface area (Å²) in [5.74, 6) is -0.942. The van der Waals surface area contributed by atoms with Gasteiger partial charge in [-0.1, -0.05) is 32.1 Å². The molecule has 0 aromatic carbocycles. The molecule has 13 heteroatoms. The Morgan fingerprint density at radius 1 is 0.698 bits per heavy atom. The molecule has 0 aliphatic rings. The molecule has 1 N–H and O–H groups in total. The molecule has 0 heterocycles. The van der Waals surface area contributed by atoms with Crippen LogP contribution in [0.1, 0.15) is 72.1 Å². The Morgan fingerprint density at radius 2 is 1.30 bits per heavy atom. The highest BCUT2D eigenvalue weighted by Gasteiger charge is 2.29. The second-order valence-electron chi connectivity index (χ2n) is 12.0. The standard InChI is InChI=1S/C30H59NO10Si2/c1-8-40-43(7,41-9-2)24-12-18-31-28(33)15-17-30(35)39-22-21-37-26(3)25-36-19-20-38-29(34)16-14-27(32)13-10-11-23-42(4,5)6/h26H,8-25H2,1-7H3,(H,31,33). The number of unbranched alkanes of at least 4 members (excludes halogenated alkanes) is 1. The summed E-state index contributed by atoms with van der Waals surface area (Å²) in [5.41, 5.74) is 0. The first-order valence-electron chi connectivity index (χ1n) is 15.9. The number of hydrogen-bond acceptors (Lipinski definition) is 10. The number of nitrogens with one attached hydrogen (secondary N) is 1. The van der Waals surface area contributed by atoms with E-state index >= 15 is 0 Å². The lowest BCUT2D eigenvalue weighted by molar-refractivity contribution is -0.148. The summed E-state index contributed by atoms with van der Waals surface area (Å²) >= 11 is 0. The fourth-order valence-electron chi connectivity index (χ4n) is 4.14. The molecule has 0 bridgehead atoms. The monoisotopic (exact) mass is 649 g/mol. The van der Waals surface area contributed by atoms with Crippen LogP contribution in [0.25, 0.3) is 0 Å². The zero-order chi connectivity index (χ0) is 32.6. The predicted octanol–water partition coefficient (Wildman–Crippen LogP) is 4.78. The summed E-state index contributed by atoms with van der Waals surface area (Å²) in [7, 11) is -3.25. The summed E-state index contributed by atoms with van der Waals surface area (Å²) in [6.07, 6.45) is 3.39. The number of hydrogen-bond donors (Lipinski definition) is 1. The van der Waals surface area contributed by atoms with Gasteiger partial charge in [-0.3, -0.25) is 19.2 Å². The van der Waals surface area contributed by atoms with Crippen molar-refractivity contribution in [2.75, 3.05) is 52.8 Å². The van der Waals surface area contributed by atoms with Crippen molar-refractivity contribution >= 4 is 40.3 Å². The Hall–Kier alpha value is -1.65. The first kappa shape index (κ1) is 41.4. The van der Waals surface area contributed by atoms with Gasteiger partial charge in [-0.25, -0.2) is 0 Å². The van der Waals surface area contributed by atoms with Crippen molar-refractivity contribution in [3.8, 4) is 0 Å². The van der Waals surface area contributed by atoms with E-state index in [1.807, 2.05) is 27.3 Å². The van der Waals surface area contributed by atoms with Crippen molar-refractivity contribution < 1.29 is 47.0 Å². The molecule has 0 aromatic rings. The average molecular weight is 650 g/mol. The lowest BCUT2D eigenvalue weighted by Crippen LogP contribution is -2.39. The Balaban J connectivity index is 3.73. The lowest BCUT2D eigenvalue weighted by Gasteiger charge is -2.25. The predicted molar refractivity (Wildman–Crippen MR) is 171 cm³/mol. The third-order valence-electron chi connectivity index (χ3n) is 6.42. The summed E-state index contributed by atoms with van der Waals surface area (Å²) < 4.78 is 32.8. The maximum atomic E-state index is 12.0. The minimum absolute atomic E-state index is 0.000449. The normalized spacial score (nSPS) is 12.5. The molecular formula is C30H59NO10Si2. The second kappa shape index (κ2) is 24.6. The number of Topliss-reactive ketones (excluding diaryl/α,β-unsaturated/α-hetero) is 1. The SMILES string of the molecule is CCO[Si](C)(CCCNC(=O)CCC(=O)OCCOC(C)COCCOC(=O)CCC(=O)CCCC[Si](C)(C)C)OCC. The quantitative estimate of drug-likeness (QED) is 0.0716. The van der Waals surface area contributed by atoms with Crippen LogP contribution < -0.4 is 5.32 Å². The largest absolute Gasteiger partial charge is 0.463 e. The van der Waals surface area contributed by atoms with Crippen molar-refractivity contribution in [3.63, 3.8) is 0 Å². The highest BCUT2D eigenvalue weighted by atomic mass is 28.4. The Bertz CT molecular complexity index is 785. The topological polar surface area (TPSA) is 136 Å². The molecule has 1 atom stereocenters. The van der Waals surface area contributed by atoms with Gasteiger partial charge in [0.15, 0.2) is 0 Å². The first-order valence-corrected chi connectivity index (χ1v) is 22.1. The van der Waals surface area contributed by atoms with Crippen LogP contribution >= 0.6 is 0 Å². The molecule has 0 aromatic heterocycles. The Morgan fingerprint density at radius 3 is 1.91 bits per heavy atom. The van der Waals surface area contributed by atoms with E-state index in [4.69, 9.17) is 27.8 Å². The number of rotatable bonds is 28. The van der Waals surface area contributed by atoms with Gasteiger partial charge in [-0.2, -0.15) is 0 Å². The Labute approximate surface area is 261 Å². The smallest absolute Gasteiger partial charge is 0.334 e. The molecule has 0 fully saturated rings. The van der Waals surface area contributed by atoms with Gasteiger partial charge in [0.05, 0.1) is 38.8 Å². The number of carbonyl (C=O) groups excluding carboxylic acids is 4. The molecule has 0 aliphatic heterocycles. The van der Waals surface area contributed by atoms with Crippen LogP contribution in [0.3, 0.4) is 0 Å². The summed E-state index contributed by atoms with van der Waals surface area (Å²) in [6.45, 7) is 17.3. The molecule has 0 rings (SSSR count). The van der Waals surface area contributed by atoms with Crippen LogP contribution in [-0.2, 0) is 47.0 Å². The van der Waals surface area contributed by atoms with Crippen LogP contribution in [0, 0.1) is 0 Å². The highest BCUT2D eigenvalue weighted by Crippen LogP contribution is 2.16. The third-order valence-corrected chi connectivity index (χ3v) is 11.3. The van der Waals surface area contributed by atoms with E-state index in [0.29, 0.717) is 32.8 Å². The van der Waals surface area contributed by atoms with Crippen molar-refractivity contribution in [2.45, 2.75) is 117 Å². The van der Waals surface area contributed by atoms with Crippen LogP contribution in [0.15, 0.2) is 0 Å². The molecule has 252 valence electrons. The molecule has 0 radical (unpaired) electrons.